The predicted molar refractivity (Wildman–Crippen MR) is 85.6 cm³/mol. The van der Waals surface area contributed by atoms with E-state index in [1.54, 1.807) is 6.20 Å². The zero-order valence-electron chi connectivity index (χ0n) is 12.5. The number of hydrogen-bond acceptors (Lipinski definition) is 4. The minimum atomic E-state index is 0.754. The predicted octanol–water partition coefficient (Wildman–Crippen LogP) is 2.38. The highest BCUT2D eigenvalue weighted by Crippen LogP contribution is 2.21. The second-order valence-corrected chi connectivity index (χ2v) is 5.86. The molecular formula is C15H25ClN4. The monoisotopic (exact) mass is 296 g/mol. The number of nitrogens with zero attached hydrogens (tertiary/aromatic N) is 3. The van der Waals surface area contributed by atoms with E-state index in [1.165, 1.54) is 6.42 Å². The Hall–Kier alpha value is -0.840. The quantitative estimate of drug-likeness (QED) is 0.846. The molecule has 1 aromatic rings. The van der Waals surface area contributed by atoms with E-state index >= 15 is 0 Å². The Morgan fingerprint density at radius 1 is 1.30 bits per heavy atom. The fraction of sp³-hybridized carbons (Fsp3) is 0.667. The lowest BCUT2D eigenvalue weighted by Crippen LogP contribution is -2.29. The molecule has 5 heteroatoms. The van der Waals surface area contributed by atoms with E-state index in [1.807, 2.05) is 0 Å². The summed E-state index contributed by atoms with van der Waals surface area (Å²) in [6, 6.07) is 2.14. The first kappa shape index (κ1) is 15.5. The third-order valence-electron chi connectivity index (χ3n) is 3.71. The number of aromatic nitrogens is 1. The summed E-state index contributed by atoms with van der Waals surface area (Å²) in [4.78, 5) is 9.24. The zero-order chi connectivity index (χ0) is 14.4. The minimum absolute atomic E-state index is 0.754. The number of pyridine rings is 1. The molecule has 0 atom stereocenters. The van der Waals surface area contributed by atoms with Crippen molar-refractivity contribution < 1.29 is 0 Å². The number of rotatable bonds is 5. The molecule has 0 radical (unpaired) electrons. The summed E-state index contributed by atoms with van der Waals surface area (Å²) in [6.45, 7) is 8.36. The molecule has 0 bridgehead atoms. The van der Waals surface area contributed by atoms with Gasteiger partial charge in [-0.2, -0.15) is 0 Å². The SMILES string of the molecule is CCCNCc1cc(N2CCCN(C)CC2)ncc1Cl. The summed E-state index contributed by atoms with van der Waals surface area (Å²) in [5.74, 6) is 1.05. The molecule has 0 spiro atoms. The second kappa shape index (κ2) is 7.81. The molecule has 1 saturated heterocycles. The van der Waals surface area contributed by atoms with Crippen LogP contribution in [0.5, 0.6) is 0 Å². The first-order chi connectivity index (χ1) is 9.70. The normalized spacial score (nSPS) is 17.2. The van der Waals surface area contributed by atoms with Crippen LogP contribution in [-0.2, 0) is 6.54 Å². The molecule has 4 nitrogen and oxygen atoms in total. The lowest BCUT2D eigenvalue weighted by atomic mass is 10.2. The average Bonchev–Trinajstić information content (AvgIpc) is 2.66. The lowest BCUT2D eigenvalue weighted by molar-refractivity contribution is 0.360. The maximum atomic E-state index is 6.24. The van der Waals surface area contributed by atoms with Crippen LogP contribution in [0.3, 0.4) is 0 Å². The van der Waals surface area contributed by atoms with Gasteiger partial charge >= 0.3 is 0 Å². The van der Waals surface area contributed by atoms with E-state index in [9.17, 15) is 0 Å². The Kier molecular flexibility index (Phi) is 6.07. The number of halogens is 1. The van der Waals surface area contributed by atoms with E-state index in [0.717, 1.165) is 62.1 Å². The van der Waals surface area contributed by atoms with E-state index in [2.05, 4.69) is 40.1 Å². The highest BCUT2D eigenvalue weighted by Gasteiger charge is 2.14. The average molecular weight is 297 g/mol. The van der Waals surface area contributed by atoms with Gasteiger partial charge in [0.2, 0.25) is 0 Å². The number of hydrogen-bond donors (Lipinski definition) is 1. The van der Waals surface area contributed by atoms with Gasteiger partial charge in [-0.15, -0.1) is 0 Å². The van der Waals surface area contributed by atoms with Crippen molar-refractivity contribution in [2.75, 3.05) is 44.7 Å². The van der Waals surface area contributed by atoms with Crippen LogP contribution in [0.4, 0.5) is 5.82 Å². The van der Waals surface area contributed by atoms with Crippen molar-refractivity contribution in [2.45, 2.75) is 26.3 Å². The molecule has 2 heterocycles. The van der Waals surface area contributed by atoms with Crippen LogP contribution in [-0.4, -0.2) is 49.7 Å². The van der Waals surface area contributed by atoms with Crippen molar-refractivity contribution >= 4 is 17.4 Å². The summed E-state index contributed by atoms with van der Waals surface area (Å²) in [6.07, 6.45) is 4.10. The summed E-state index contributed by atoms with van der Waals surface area (Å²) in [5.41, 5.74) is 1.14. The lowest BCUT2D eigenvalue weighted by Gasteiger charge is -2.22. The highest BCUT2D eigenvalue weighted by molar-refractivity contribution is 6.31. The summed E-state index contributed by atoms with van der Waals surface area (Å²) in [7, 11) is 2.18. The number of anilines is 1. The van der Waals surface area contributed by atoms with E-state index < -0.39 is 0 Å². The Bertz CT molecular complexity index is 424. The maximum Gasteiger partial charge on any atom is 0.128 e. The molecule has 2 rings (SSSR count). The second-order valence-electron chi connectivity index (χ2n) is 5.45. The first-order valence-corrected chi connectivity index (χ1v) is 7.87. The fourth-order valence-electron chi connectivity index (χ4n) is 2.45. The molecule has 20 heavy (non-hydrogen) atoms. The molecule has 0 aliphatic carbocycles. The summed E-state index contributed by atoms with van der Waals surface area (Å²) in [5, 5.41) is 4.16. The molecule has 0 amide bonds. The van der Waals surface area contributed by atoms with Crippen molar-refractivity contribution in [3.63, 3.8) is 0 Å². The van der Waals surface area contributed by atoms with E-state index in [0.29, 0.717) is 0 Å². The largest absolute Gasteiger partial charge is 0.355 e. The molecule has 1 aliphatic heterocycles. The smallest absolute Gasteiger partial charge is 0.128 e. The molecule has 0 aromatic carbocycles. The van der Waals surface area contributed by atoms with Gasteiger partial charge in [-0.3, -0.25) is 0 Å². The Labute approximate surface area is 127 Å². The Balaban J connectivity index is 2.05. The molecule has 1 N–H and O–H groups in total. The molecule has 112 valence electrons. The van der Waals surface area contributed by atoms with Gasteiger partial charge in [-0.25, -0.2) is 4.98 Å². The van der Waals surface area contributed by atoms with Crippen LogP contribution < -0.4 is 10.2 Å². The van der Waals surface area contributed by atoms with E-state index in [4.69, 9.17) is 11.6 Å². The van der Waals surface area contributed by atoms with Gasteiger partial charge in [-0.1, -0.05) is 18.5 Å². The van der Waals surface area contributed by atoms with Crippen molar-refractivity contribution in [3.05, 3.63) is 22.8 Å². The molecular weight excluding hydrogens is 272 g/mol. The summed E-state index contributed by atoms with van der Waals surface area (Å²) >= 11 is 6.24. The highest BCUT2D eigenvalue weighted by atomic mass is 35.5. The van der Waals surface area contributed by atoms with Gasteiger partial charge < -0.3 is 15.1 Å². The van der Waals surface area contributed by atoms with Gasteiger partial charge in [0, 0.05) is 32.4 Å². The van der Waals surface area contributed by atoms with Gasteiger partial charge in [0.1, 0.15) is 5.82 Å². The zero-order valence-corrected chi connectivity index (χ0v) is 13.3. The molecule has 1 fully saturated rings. The standard InChI is InChI=1S/C15H25ClN4/c1-3-5-17-11-13-10-15(18-12-14(13)16)20-7-4-6-19(2)8-9-20/h10,12,17H,3-9,11H2,1-2H3. The third kappa shape index (κ3) is 4.33. The molecule has 0 unspecified atom stereocenters. The van der Waals surface area contributed by atoms with Crippen molar-refractivity contribution in [1.29, 1.82) is 0 Å². The van der Waals surface area contributed by atoms with Gasteiger partial charge in [0.15, 0.2) is 0 Å². The van der Waals surface area contributed by atoms with Crippen LogP contribution in [0, 0.1) is 0 Å². The van der Waals surface area contributed by atoms with Crippen LogP contribution in [0.2, 0.25) is 5.02 Å². The Morgan fingerprint density at radius 3 is 2.95 bits per heavy atom. The van der Waals surface area contributed by atoms with Gasteiger partial charge in [-0.05, 0) is 44.6 Å². The van der Waals surface area contributed by atoms with Gasteiger partial charge in [0.05, 0.1) is 5.02 Å². The maximum absolute atomic E-state index is 6.24. The fourth-order valence-corrected chi connectivity index (χ4v) is 2.62. The molecule has 0 saturated carbocycles. The van der Waals surface area contributed by atoms with Crippen LogP contribution in [0.25, 0.3) is 0 Å². The Morgan fingerprint density at radius 2 is 2.15 bits per heavy atom. The molecule has 1 aliphatic rings. The van der Waals surface area contributed by atoms with Crippen molar-refractivity contribution in [1.82, 2.24) is 15.2 Å². The van der Waals surface area contributed by atoms with Crippen molar-refractivity contribution in [2.24, 2.45) is 0 Å². The minimum Gasteiger partial charge on any atom is -0.355 e. The summed E-state index contributed by atoms with van der Waals surface area (Å²) < 4.78 is 0. The first-order valence-electron chi connectivity index (χ1n) is 7.49. The number of nitrogens with one attached hydrogen (secondary N) is 1. The topological polar surface area (TPSA) is 31.4 Å². The molecule has 1 aromatic heterocycles. The van der Waals surface area contributed by atoms with Crippen molar-refractivity contribution in [3.8, 4) is 0 Å². The third-order valence-corrected chi connectivity index (χ3v) is 4.05. The van der Waals surface area contributed by atoms with E-state index in [-0.39, 0.29) is 0 Å². The van der Waals surface area contributed by atoms with Crippen LogP contribution in [0.15, 0.2) is 12.3 Å². The number of likely N-dealkylation sites (N-methyl/N-ethyl adjacent to an activating group) is 1. The van der Waals surface area contributed by atoms with Crippen LogP contribution in [0.1, 0.15) is 25.3 Å². The van der Waals surface area contributed by atoms with Gasteiger partial charge in [0.25, 0.3) is 0 Å². The van der Waals surface area contributed by atoms with Crippen LogP contribution >= 0.6 is 11.6 Å².